The Morgan fingerprint density at radius 2 is 1.91 bits per heavy atom. The molecule has 0 aliphatic rings. The topological polar surface area (TPSA) is 69.5 Å². The molecule has 0 saturated carbocycles. The van der Waals surface area contributed by atoms with Crippen LogP contribution in [0.1, 0.15) is 34.7 Å². The highest BCUT2D eigenvalue weighted by Gasteiger charge is 2.31. The molecule has 1 unspecified atom stereocenters. The lowest BCUT2D eigenvalue weighted by molar-refractivity contribution is -0.132. The molecule has 0 spiro atoms. The zero-order chi connectivity index (χ0) is 24.1. The number of halogens is 4. The maximum Gasteiger partial charge on any atom is 0.360 e. The smallest absolute Gasteiger partial charge is 0.360 e. The highest BCUT2D eigenvalue weighted by Crippen LogP contribution is 2.39. The number of carbonyl (C=O) groups excluding carboxylic acids is 1. The van der Waals surface area contributed by atoms with Crippen molar-refractivity contribution in [3.05, 3.63) is 68.4 Å². The number of benzene rings is 2. The van der Waals surface area contributed by atoms with E-state index in [-0.39, 0.29) is 28.1 Å². The molecule has 0 amide bonds. The third-order valence-electron chi connectivity index (χ3n) is 4.41. The molecule has 0 aromatic heterocycles. The zero-order valence-corrected chi connectivity index (χ0v) is 20.5. The summed E-state index contributed by atoms with van der Waals surface area (Å²) in [6.45, 7) is 2.99. The SMILES string of the molecule is CO/N=C(/C(=O)OC)c1cccc(C)c1CO/N=C(\C)c1c(F)cc(Br)cc1C(F)(F)P. The van der Waals surface area contributed by atoms with Crippen molar-refractivity contribution in [2.24, 2.45) is 10.3 Å². The summed E-state index contributed by atoms with van der Waals surface area (Å²) in [7, 11) is 3.88. The molecule has 6 nitrogen and oxygen atoms in total. The monoisotopic (exact) mass is 532 g/mol. The zero-order valence-electron chi connectivity index (χ0n) is 17.7. The van der Waals surface area contributed by atoms with Crippen LogP contribution in [-0.2, 0) is 31.5 Å². The van der Waals surface area contributed by atoms with Crippen LogP contribution < -0.4 is 0 Å². The number of hydrogen-bond acceptors (Lipinski definition) is 6. The van der Waals surface area contributed by atoms with Gasteiger partial charge in [-0.3, -0.25) is 0 Å². The second kappa shape index (κ2) is 10.9. The molecule has 11 heteroatoms. The summed E-state index contributed by atoms with van der Waals surface area (Å²) in [5, 5.41) is 7.57. The van der Waals surface area contributed by atoms with E-state index in [9.17, 15) is 18.0 Å². The first-order chi connectivity index (χ1) is 15.0. The van der Waals surface area contributed by atoms with Gasteiger partial charge < -0.3 is 14.4 Å². The lowest BCUT2D eigenvalue weighted by Gasteiger charge is -2.17. The molecule has 0 N–H and O–H groups in total. The number of oxime groups is 2. The number of alkyl halides is 2. The number of esters is 1. The van der Waals surface area contributed by atoms with Gasteiger partial charge in [0.1, 0.15) is 19.5 Å². The van der Waals surface area contributed by atoms with E-state index in [0.717, 1.165) is 17.7 Å². The van der Waals surface area contributed by atoms with Gasteiger partial charge in [-0.1, -0.05) is 53.7 Å². The summed E-state index contributed by atoms with van der Waals surface area (Å²) >= 11 is 3.02. The molecule has 0 saturated heterocycles. The van der Waals surface area contributed by atoms with Gasteiger partial charge in [-0.2, -0.15) is 8.78 Å². The Kier molecular flexibility index (Phi) is 8.81. The van der Waals surface area contributed by atoms with Crippen LogP contribution in [0.3, 0.4) is 0 Å². The van der Waals surface area contributed by atoms with E-state index in [1.807, 2.05) is 0 Å². The average molecular weight is 533 g/mol. The molecule has 2 rings (SSSR count). The van der Waals surface area contributed by atoms with Gasteiger partial charge in [0.15, 0.2) is 5.71 Å². The van der Waals surface area contributed by atoms with E-state index in [1.54, 1.807) is 25.1 Å². The molecule has 172 valence electrons. The predicted octanol–water partition coefficient (Wildman–Crippen LogP) is 5.29. The van der Waals surface area contributed by atoms with Crippen molar-refractivity contribution in [3.63, 3.8) is 0 Å². The van der Waals surface area contributed by atoms with E-state index in [2.05, 4.69) is 26.2 Å². The lowest BCUT2D eigenvalue weighted by atomic mass is 9.99. The van der Waals surface area contributed by atoms with E-state index in [1.165, 1.54) is 30.4 Å². The fraction of sp³-hybridized carbons (Fsp3) is 0.286. The molecule has 0 radical (unpaired) electrons. The summed E-state index contributed by atoms with van der Waals surface area (Å²) in [5.74, 6) is -1.60. The Morgan fingerprint density at radius 3 is 2.50 bits per heavy atom. The third kappa shape index (κ3) is 6.07. The number of nitrogens with zero attached hydrogens (tertiary/aromatic N) is 2. The minimum Gasteiger partial charge on any atom is -0.464 e. The minimum absolute atomic E-state index is 0.0816. The number of hydrogen-bond donors (Lipinski definition) is 0. The van der Waals surface area contributed by atoms with Crippen molar-refractivity contribution in [2.45, 2.75) is 26.1 Å². The molecule has 0 heterocycles. The maximum atomic E-state index is 14.5. The van der Waals surface area contributed by atoms with Gasteiger partial charge in [0, 0.05) is 26.7 Å². The number of carbonyl (C=O) groups is 1. The quantitative estimate of drug-likeness (QED) is 0.200. The van der Waals surface area contributed by atoms with E-state index < -0.39 is 23.0 Å². The van der Waals surface area contributed by atoms with Crippen LogP contribution in [-0.4, -0.2) is 31.6 Å². The van der Waals surface area contributed by atoms with Gasteiger partial charge in [0.2, 0.25) is 0 Å². The van der Waals surface area contributed by atoms with Gasteiger partial charge in [0.05, 0.1) is 12.8 Å². The van der Waals surface area contributed by atoms with Crippen LogP contribution in [0.25, 0.3) is 0 Å². The van der Waals surface area contributed by atoms with Crippen molar-refractivity contribution in [3.8, 4) is 0 Å². The average Bonchev–Trinajstić information content (AvgIpc) is 2.71. The summed E-state index contributed by atoms with van der Waals surface area (Å²) in [4.78, 5) is 22.2. The Morgan fingerprint density at radius 1 is 1.22 bits per heavy atom. The lowest BCUT2D eigenvalue weighted by Crippen LogP contribution is -2.20. The van der Waals surface area contributed by atoms with E-state index >= 15 is 0 Å². The van der Waals surface area contributed by atoms with Crippen LogP contribution in [0, 0.1) is 12.7 Å². The largest absolute Gasteiger partial charge is 0.464 e. The third-order valence-corrected chi connectivity index (χ3v) is 5.18. The van der Waals surface area contributed by atoms with Crippen molar-refractivity contribution >= 4 is 42.6 Å². The maximum absolute atomic E-state index is 14.5. The highest BCUT2D eigenvalue weighted by molar-refractivity contribution is 9.10. The summed E-state index contributed by atoms with van der Waals surface area (Å²) in [6, 6.07) is 7.30. The Balaban J connectivity index is 2.41. The second-order valence-corrected chi connectivity index (χ2v) is 8.24. The first-order valence-corrected chi connectivity index (χ1v) is 10.5. The van der Waals surface area contributed by atoms with Gasteiger partial charge in [-0.05, 0) is 31.5 Å². The van der Waals surface area contributed by atoms with Gasteiger partial charge in [-0.15, -0.1) is 0 Å². The fourth-order valence-electron chi connectivity index (χ4n) is 2.94. The van der Waals surface area contributed by atoms with Gasteiger partial charge in [0.25, 0.3) is 5.66 Å². The molecule has 1 atom stereocenters. The molecular weight excluding hydrogens is 512 g/mol. The molecule has 2 aromatic carbocycles. The number of ether oxygens (including phenoxy) is 1. The highest BCUT2D eigenvalue weighted by atomic mass is 79.9. The van der Waals surface area contributed by atoms with Crippen molar-refractivity contribution in [2.75, 3.05) is 14.2 Å². The summed E-state index contributed by atoms with van der Waals surface area (Å²) in [6.07, 6.45) is 0. The van der Waals surface area contributed by atoms with E-state index in [0.29, 0.717) is 11.1 Å². The minimum atomic E-state index is -3.38. The van der Waals surface area contributed by atoms with Gasteiger partial charge >= 0.3 is 5.97 Å². The molecule has 0 aliphatic carbocycles. The van der Waals surface area contributed by atoms with Crippen LogP contribution >= 0.6 is 25.2 Å². The predicted molar refractivity (Wildman–Crippen MR) is 121 cm³/mol. The normalized spacial score (nSPS) is 12.5. The molecule has 0 bridgehead atoms. The number of methoxy groups -OCH3 is 1. The van der Waals surface area contributed by atoms with Crippen LogP contribution in [0.5, 0.6) is 0 Å². The number of aryl methyl sites for hydroxylation is 1. The molecule has 0 aliphatic heterocycles. The summed E-state index contributed by atoms with van der Waals surface area (Å²) < 4.78 is 47.4. The van der Waals surface area contributed by atoms with E-state index in [4.69, 9.17) is 14.4 Å². The second-order valence-electron chi connectivity index (χ2n) is 6.60. The molecular formula is C21H21BrF3N2O4P. The van der Waals surface area contributed by atoms with Crippen LogP contribution in [0.15, 0.2) is 45.1 Å². The molecule has 2 aromatic rings. The van der Waals surface area contributed by atoms with Gasteiger partial charge in [-0.25, -0.2) is 9.18 Å². The summed E-state index contributed by atoms with van der Waals surface area (Å²) in [5.41, 5.74) is -2.80. The van der Waals surface area contributed by atoms with Crippen molar-refractivity contribution in [1.29, 1.82) is 0 Å². The van der Waals surface area contributed by atoms with Crippen LogP contribution in [0.2, 0.25) is 0 Å². The Bertz CT molecular complexity index is 1070. The molecule has 0 fully saturated rings. The number of rotatable bonds is 8. The standard InChI is InChI=1S/C21H21BrF3N2O4P/c1-11-6-5-7-14(19(27-30-4)20(28)29-3)15(11)10-31-26-12(2)18-16(21(24,25)32)8-13(22)9-17(18)23/h5-9H,10,32H2,1-4H3/b26-12+,27-19+. The fourth-order valence-corrected chi connectivity index (χ4v) is 3.60. The Labute approximate surface area is 194 Å². The molecule has 32 heavy (non-hydrogen) atoms. The Hall–Kier alpha value is -2.45. The first kappa shape index (κ1) is 25.8. The first-order valence-electron chi connectivity index (χ1n) is 9.12. The van der Waals surface area contributed by atoms with Crippen molar-refractivity contribution in [1.82, 2.24) is 0 Å². The van der Waals surface area contributed by atoms with Crippen molar-refractivity contribution < 1.29 is 32.4 Å². The van der Waals surface area contributed by atoms with Crippen LogP contribution in [0.4, 0.5) is 13.2 Å².